The molecule has 1 aromatic carbocycles. The number of carbonyl (C=O) groups is 1. The smallest absolute Gasteiger partial charge is 0.256 e. The van der Waals surface area contributed by atoms with Gasteiger partial charge in [0.2, 0.25) is 0 Å². The molecule has 0 saturated carbocycles. The van der Waals surface area contributed by atoms with Crippen LogP contribution in [0.15, 0.2) is 36.4 Å². The van der Waals surface area contributed by atoms with Crippen LogP contribution in [0.5, 0.6) is 0 Å². The second-order valence-electron chi connectivity index (χ2n) is 5.78. The molecule has 3 nitrogen and oxygen atoms in total. The third-order valence-corrected chi connectivity index (χ3v) is 5.48. The van der Waals surface area contributed by atoms with Gasteiger partial charge in [0.05, 0.1) is 5.56 Å². The van der Waals surface area contributed by atoms with Crippen LogP contribution in [0.2, 0.25) is 0 Å². The van der Waals surface area contributed by atoms with E-state index in [0.29, 0.717) is 0 Å². The number of carbonyl (C=O) groups excluding carboxylic acids is 1. The molecular weight excluding hydrogens is 292 g/mol. The van der Waals surface area contributed by atoms with Crippen LogP contribution in [-0.4, -0.2) is 12.1 Å². The fourth-order valence-electron chi connectivity index (χ4n) is 3.17. The normalized spacial score (nSPS) is 20.2. The van der Waals surface area contributed by atoms with Crippen molar-refractivity contribution >= 4 is 28.3 Å². The number of aryl methyl sites for hydroxylation is 1. The van der Waals surface area contributed by atoms with Crippen molar-refractivity contribution in [2.75, 3.05) is 5.32 Å². The van der Waals surface area contributed by atoms with Crippen LogP contribution in [0.4, 0.5) is 5.00 Å². The van der Waals surface area contributed by atoms with Crippen LogP contribution < -0.4 is 10.6 Å². The topological polar surface area (TPSA) is 41.1 Å². The first kappa shape index (κ1) is 13.6. The average molecular weight is 310 g/mol. The Bertz CT molecular complexity index is 733. The number of nitrogens with one attached hydrogen (secondary N) is 2. The van der Waals surface area contributed by atoms with Gasteiger partial charge in [0, 0.05) is 4.88 Å². The zero-order valence-electron chi connectivity index (χ0n) is 12.3. The fraction of sp³-hybridized carbons (Fsp3) is 0.278. The predicted molar refractivity (Wildman–Crippen MR) is 91.3 cm³/mol. The first-order valence-electron chi connectivity index (χ1n) is 7.76. The highest BCUT2D eigenvalue weighted by Crippen LogP contribution is 2.39. The molecule has 112 valence electrons. The lowest BCUT2D eigenvalue weighted by Crippen LogP contribution is -2.43. The molecule has 2 heterocycles. The van der Waals surface area contributed by atoms with Crippen molar-refractivity contribution in [1.29, 1.82) is 0 Å². The molecule has 2 N–H and O–H groups in total. The molecule has 22 heavy (non-hydrogen) atoms. The van der Waals surface area contributed by atoms with E-state index in [9.17, 15) is 4.79 Å². The summed E-state index contributed by atoms with van der Waals surface area (Å²) in [7, 11) is 0. The summed E-state index contributed by atoms with van der Waals surface area (Å²) in [6.07, 6.45) is 8.50. The van der Waals surface area contributed by atoms with Crippen molar-refractivity contribution in [3.8, 4) is 0 Å². The van der Waals surface area contributed by atoms with Gasteiger partial charge in [-0.25, -0.2) is 0 Å². The Kier molecular flexibility index (Phi) is 3.47. The number of benzene rings is 1. The molecule has 0 spiro atoms. The van der Waals surface area contributed by atoms with E-state index >= 15 is 0 Å². The van der Waals surface area contributed by atoms with Gasteiger partial charge >= 0.3 is 0 Å². The lowest BCUT2D eigenvalue weighted by atomic mass is 9.94. The molecule has 1 aliphatic carbocycles. The van der Waals surface area contributed by atoms with Gasteiger partial charge in [0.15, 0.2) is 0 Å². The second-order valence-corrected chi connectivity index (χ2v) is 6.89. The van der Waals surface area contributed by atoms with Crippen molar-refractivity contribution in [3.63, 3.8) is 0 Å². The molecule has 1 amide bonds. The number of rotatable bonds is 2. The standard InChI is InChI=1S/C18H18N2OS/c21-17-16-13-8-4-5-9-14(13)22-18(16)20-15(19-17)11-10-12-6-2-1-3-7-12/h1-3,6-7,10-11,15,20H,4-5,8-9H2,(H,19,21). The lowest BCUT2D eigenvalue weighted by Gasteiger charge is -2.24. The highest BCUT2D eigenvalue weighted by atomic mass is 32.1. The van der Waals surface area contributed by atoms with Crippen LogP contribution in [0.25, 0.3) is 6.08 Å². The first-order chi connectivity index (χ1) is 10.8. The summed E-state index contributed by atoms with van der Waals surface area (Å²) in [6, 6.07) is 10.1. The lowest BCUT2D eigenvalue weighted by molar-refractivity contribution is 0.0943. The Morgan fingerprint density at radius 3 is 2.77 bits per heavy atom. The maximum absolute atomic E-state index is 12.5. The molecule has 0 saturated heterocycles. The van der Waals surface area contributed by atoms with Gasteiger partial charge in [-0.3, -0.25) is 4.79 Å². The number of hydrogen-bond acceptors (Lipinski definition) is 3. The van der Waals surface area contributed by atoms with Gasteiger partial charge in [0.1, 0.15) is 11.2 Å². The quantitative estimate of drug-likeness (QED) is 0.885. The van der Waals surface area contributed by atoms with Crippen molar-refractivity contribution in [2.24, 2.45) is 0 Å². The summed E-state index contributed by atoms with van der Waals surface area (Å²) in [5.74, 6) is 0.0656. The van der Waals surface area contributed by atoms with Gasteiger partial charge in [-0.15, -0.1) is 11.3 Å². The second kappa shape index (κ2) is 5.61. The predicted octanol–water partition coefficient (Wildman–Crippen LogP) is 3.82. The Labute approximate surface area is 134 Å². The summed E-state index contributed by atoms with van der Waals surface area (Å²) in [6.45, 7) is 0. The Morgan fingerprint density at radius 2 is 1.91 bits per heavy atom. The Balaban J connectivity index is 1.58. The van der Waals surface area contributed by atoms with Gasteiger partial charge in [0.25, 0.3) is 5.91 Å². The highest BCUT2D eigenvalue weighted by molar-refractivity contribution is 7.16. The number of hydrogen-bond donors (Lipinski definition) is 2. The van der Waals surface area contributed by atoms with Crippen molar-refractivity contribution in [1.82, 2.24) is 5.32 Å². The minimum Gasteiger partial charge on any atom is -0.353 e. The van der Waals surface area contributed by atoms with E-state index in [2.05, 4.69) is 22.8 Å². The van der Waals surface area contributed by atoms with Crippen LogP contribution in [-0.2, 0) is 12.8 Å². The van der Waals surface area contributed by atoms with Gasteiger partial charge in [-0.05, 0) is 42.9 Å². The molecular formula is C18H18N2OS. The van der Waals surface area contributed by atoms with E-state index in [1.165, 1.54) is 23.3 Å². The summed E-state index contributed by atoms with van der Waals surface area (Å²) in [5.41, 5.74) is 3.31. The maximum Gasteiger partial charge on any atom is 0.256 e. The van der Waals surface area contributed by atoms with Crippen LogP contribution >= 0.6 is 11.3 Å². The molecule has 4 heteroatoms. The molecule has 2 aromatic rings. The molecule has 1 unspecified atom stereocenters. The molecule has 1 aromatic heterocycles. The molecule has 4 rings (SSSR count). The van der Waals surface area contributed by atoms with Crippen molar-refractivity contribution < 1.29 is 4.79 Å². The minimum atomic E-state index is -0.139. The molecule has 1 aliphatic heterocycles. The monoisotopic (exact) mass is 310 g/mol. The number of anilines is 1. The van der Waals surface area contributed by atoms with Crippen LogP contribution in [0.3, 0.4) is 0 Å². The molecule has 2 aliphatic rings. The van der Waals surface area contributed by atoms with E-state index in [0.717, 1.165) is 29.0 Å². The van der Waals surface area contributed by atoms with E-state index in [4.69, 9.17) is 0 Å². The van der Waals surface area contributed by atoms with Crippen molar-refractivity contribution in [2.45, 2.75) is 31.8 Å². The molecule has 0 fully saturated rings. The van der Waals surface area contributed by atoms with Crippen LogP contribution in [0, 0.1) is 0 Å². The Hall–Kier alpha value is -2.07. The molecule has 0 radical (unpaired) electrons. The number of fused-ring (bicyclic) bond motifs is 3. The van der Waals surface area contributed by atoms with E-state index < -0.39 is 0 Å². The number of amides is 1. The van der Waals surface area contributed by atoms with Gasteiger partial charge < -0.3 is 10.6 Å². The molecule has 0 bridgehead atoms. The Morgan fingerprint density at radius 1 is 1.09 bits per heavy atom. The number of thiophene rings is 1. The summed E-state index contributed by atoms with van der Waals surface area (Å²) in [4.78, 5) is 13.9. The van der Waals surface area contributed by atoms with Gasteiger partial charge in [-0.1, -0.05) is 36.4 Å². The summed E-state index contributed by atoms with van der Waals surface area (Å²) < 4.78 is 0. The van der Waals surface area contributed by atoms with E-state index in [1.807, 2.05) is 30.4 Å². The zero-order valence-corrected chi connectivity index (χ0v) is 13.1. The highest BCUT2D eigenvalue weighted by Gasteiger charge is 2.30. The zero-order chi connectivity index (χ0) is 14.9. The van der Waals surface area contributed by atoms with E-state index in [1.54, 1.807) is 11.3 Å². The third kappa shape index (κ3) is 2.44. The summed E-state index contributed by atoms with van der Waals surface area (Å²) >= 11 is 1.76. The first-order valence-corrected chi connectivity index (χ1v) is 8.58. The molecule has 1 atom stereocenters. The largest absolute Gasteiger partial charge is 0.353 e. The minimum absolute atomic E-state index is 0.0656. The third-order valence-electron chi connectivity index (χ3n) is 4.25. The average Bonchev–Trinajstić information content (AvgIpc) is 2.92. The SMILES string of the molecule is O=C1NC(C=Cc2ccccc2)Nc2sc3c(c21)CCCC3. The van der Waals surface area contributed by atoms with Crippen molar-refractivity contribution in [3.05, 3.63) is 58.0 Å². The maximum atomic E-state index is 12.5. The van der Waals surface area contributed by atoms with Crippen LogP contribution in [0.1, 0.15) is 39.2 Å². The van der Waals surface area contributed by atoms with E-state index in [-0.39, 0.29) is 12.1 Å². The fourth-order valence-corrected chi connectivity index (χ4v) is 4.49. The summed E-state index contributed by atoms with van der Waals surface area (Å²) in [5, 5.41) is 7.54. The van der Waals surface area contributed by atoms with Gasteiger partial charge in [-0.2, -0.15) is 0 Å².